The van der Waals surface area contributed by atoms with Crippen LogP contribution in [0, 0.1) is 12.8 Å². The Labute approximate surface area is 176 Å². The minimum absolute atomic E-state index is 0.0443. The standard InChI is InChI=1S/C22H28N6O2/c1-14-8-10-27(11-9-14)20(29)17-13-24-28(15(17)2)18-7-6-16(12-23-18)19-25-21(26-30-19)22(3,4)5/h6-7,12-14H,8-11H2,1-5H3. The van der Waals surface area contributed by atoms with E-state index in [1.807, 2.05) is 44.7 Å². The highest BCUT2D eigenvalue weighted by Crippen LogP contribution is 2.24. The summed E-state index contributed by atoms with van der Waals surface area (Å²) in [5.41, 5.74) is 1.97. The molecule has 0 unspecified atom stereocenters. The zero-order valence-corrected chi connectivity index (χ0v) is 18.2. The third-order valence-corrected chi connectivity index (χ3v) is 5.62. The van der Waals surface area contributed by atoms with Crippen LogP contribution in [0.25, 0.3) is 17.3 Å². The van der Waals surface area contributed by atoms with Gasteiger partial charge in [0.05, 0.1) is 23.0 Å². The average Bonchev–Trinajstić information content (AvgIpc) is 3.35. The summed E-state index contributed by atoms with van der Waals surface area (Å²) >= 11 is 0. The van der Waals surface area contributed by atoms with E-state index in [2.05, 4.69) is 27.1 Å². The highest BCUT2D eigenvalue weighted by Gasteiger charge is 2.25. The van der Waals surface area contributed by atoms with Crippen LogP contribution in [-0.4, -0.2) is 48.8 Å². The lowest BCUT2D eigenvalue weighted by molar-refractivity contribution is 0.0696. The fourth-order valence-corrected chi connectivity index (χ4v) is 3.52. The van der Waals surface area contributed by atoms with Gasteiger partial charge in [-0.1, -0.05) is 32.9 Å². The van der Waals surface area contributed by atoms with Crippen molar-refractivity contribution in [2.45, 2.75) is 52.9 Å². The van der Waals surface area contributed by atoms with Gasteiger partial charge in [-0.3, -0.25) is 4.79 Å². The highest BCUT2D eigenvalue weighted by molar-refractivity contribution is 5.95. The van der Waals surface area contributed by atoms with E-state index in [9.17, 15) is 4.79 Å². The summed E-state index contributed by atoms with van der Waals surface area (Å²) in [6, 6.07) is 3.71. The van der Waals surface area contributed by atoms with Crippen molar-refractivity contribution in [1.29, 1.82) is 0 Å². The Balaban J connectivity index is 1.54. The molecule has 8 nitrogen and oxygen atoms in total. The number of rotatable bonds is 3. The number of amides is 1. The topological polar surface area (TPSA) is 89.9 Å². The number of hydrogen-bond donors (Lipinski definition) is 0. The number of nitrogens with zero attached hydrogens (tertiary/aromatic N) is 6. The largest absolute Gasteiger partial charge is 0.339 e. The maximum atomic E-state index is 12.9. The molecule has 0 aliphatic carbocycles. The van der Waals surface area contributed by atoms with Crippen molar-refractivity contribution in [2.75, 3.05) is 13.1 Å². The quantitative estimate of drug-likeness (QED) is 0.655. The van der Waals surface area contributed by atoms with Gasteiger partial charge in [0.2, 0.25) is 0 Å². The Bertz CT molecular complexity index is 1040. The first kappa shape index (κ1) is 20.3. The van der Waals surface area contributed by atoms with Crippen LogP contribution in [0.2, 0.25) is 0 Å². The number of carbonyl (C=O) groups is 1. The molecule has 8 heteroatoms. The fourth-order valence-electron chi connectivity index (χ4n) is 3.52. The van der Waals surface area contributed by atoms with E-state index in [1.165, 1.54) is 0 Å². The van der Waals surface area contributed by atoms with E-state index >= 15 is 0 Å². The molecule has 1 aliphatic heterocycles. The summed E-state index contributed by atoms with van der Waals surface area (Å²) < 4.78 is 7.08. The normalized spacial score (nSPS) is 15.6. The molecule has 4 rings (SSSR count). The second-order valence-corrected chi connectivity index (χ2v) is 9.11. The third kappa shape index (κ3) is 3.86. The van der Waals surface area contributed by atoms with Gasteiger partial charge < -0.3 is 9.42 Å². The maximum absolute atomic E-state index is 12.9. The molecule has 0 saturated carbocycles. The SMILES string of the molecule is Cc1c(C(=O)N2CCC(C)CC2)cnn1-c1ccc(-c2nc(C(C)(C)C)no2)cn1. The molecule has 0 radical (unpaired) electrons. The van der Waals surface area contributed by atoms with Gasteiger partial charge in [-0.25, -0.2) is 9.67 Å². The average molecular weight is 409 g/mol. The van der Waals surface area contributed by atoms with Crippen molar-refractivity contribution in [3.05, 3.63) is 41.6 Å². The van der Waals surface area contributed by atoms with Crippen molar-refractivity contribution in [2.24, 2.45) is 5.92 Å². The van der Waals surface area contributed by atoms with Crippen molar-refractivity contribution in [3.63, 3.8) is 0 Å². The monoisotopic (exact) mass is 408 g/mol. The second-order valence-electron chi connectivity index (χ2n) is 9.11. The van der Waals surface area contributed by atoms with Gasteiger partial charge in [-0.15, -0.1) is 0 Å². The fraction of sp³-hybridized carbons (Fsp3) is 0.500. The molecule has 3 aromatic heterocycles. The van der Waals surface area contributed by atoms with Crippen LogP contribution in [0.5, 0.6) is 0 Å². The number of aromatic nitrogens is 5. The molecule has 0 bridgehead atoms. The molecule has 3 aromatic rings. The minimum Gasteiger partial charge on any atom is -0.339 e. The lowest BCUT2D eigenvalue weighted by Crippen LogP contribution is -2.38. The molecule has 4 heterocycles. The number of carbonyl (C=O) groups excluding carboxylic acids is 1. The van der Waals surface area contributed by atoms with Crippen LogP contribution in [0.4, 0.5) is 0 Å². The van der Waals surface area contributed by atoms with E-state index in [1.54, 1.807) is 17.1 Å². The van der Waals surface area contributed by atoms with E-state index in [-0.39, 0.29) is 11.3 Å². The third-order valence-electron chi connectivity index (χ3n) is 5.62. The van der Waals surface area contributed by atoms with Gasteiger partial charge in [0.1, 0.15) is 0 Å². The van der Waals surface area contributed by atoms with Gasteiger partial charge in [-0.2, -0.15) is 10.1 Å². The van der Waals surface area contributed by atoms with Crippen molar-refractivity contribution in [1.82, 2.24) is 29.8 Å². The summed E-state index contributed by atoms with van der Waals surface area (Å²) in [7, 11) is 0. The molecular weight excluding hydrogens is 380 g/mol. The Morgan fingerprint density at radius 1 is 1.17 bits per heavy atom. The Kier molecular flexibility index (Phi) is 5.17. The van der Waals surface area contributed by atoms with E-state index in [0.29, 0.717) is 29.0 Å². The molecule has 1 amide bonds. The number of likely N-dealkylation sites (tertiary alicyclic amines) is 1. The summed E-state index contributed by atoms with van der Waals surface area (Å²) in [5.74, 6) is 2.45. The highest BCUT2D eigenvalue weighted by atomic mass is 16.5. The van der Waals surface area contributed by atoms with E-state index < -0.39 is 0 Å². The smallest absolute Gasteiger partial charge is 0.259 e. The van der Waals surface area contributed by atoms with Gasteiger partial charge in [-0.05, 0) is 37.8 Å². The minimum atomic E-state index is -0.184. The predicted molar refractivity (Wildman–Crippen MR) is 112 cm³/mol. The Morgan fingerprint density at radius 3 is 2.50 bits per heavy atom. The molecule has 1 aliphatic rings. The second kappa shape index (κ2) is 7.66. The van der Waals surface area contributed by atoms with Gasteiger partial charge >= 0.3 is 0 Å². The summed E-state index contributed by atoms with van der Waals surface area (Å²) in [4.78, 5) is 23.8. The first-order valence-electron chi connectivity index (χ1n) is 10.4. The molecule has 0 aromatic carbocycles. The van der Waals surface area contributed by atoms with Gasteiger partial charge in [0.15, 0.2) is 11.6 Å². The first-order valence-corrected chi connectivity index (χ1v) is 10.4. The summed E-state index contributed by atoms with van der Waals surface area (Å²) in [5, 5.41) is 8.47. The van der Waals surface area contributed by atoms with Crippen LogP contribution in [0.1, 0.15) is 62.4 Å². The molecule has 1 saturated heterocycles. The van der Waals surface area contributed by atoms with Crippen LogP contribution in [-0.2, 0) is 5.41 Å². The molecule has 158 valence electrons. The molecule has 0 atom stereocenters. The molecule has 0 spiro atoms. The molecule has 1 fully saturated rings. The zero-order chi connectivity index (χ0) is 21.5. The lowest BCUT2D eigenvalue weighted by atomic mass is 9.96. The number of hydrogen-bond acceptors (Lipinski definition) is 6. The summed E-state index contributed by atoms with van der Waals surface area (Å²) in [6.45, 7) is 11.8. The van der Waals surface area contributed by atoms with Crippen LogP contribution in [0.15, 0.2) is 29.0 Å². The summed E-state index contributed by atoms with van der Waals surface area (Å²) in [6.07, 6.45) is 5.42. The number of pyridine rings is 1. The number of piperidine rings is 1. The van der Waals surface area contributed by atoms with Gasteiger partial charge in [0.25, 0.3) is 11.8 Å². The van der Waals surface area contributed by atoms with Crippen LogP contribution < -0.4 is 0 Å². The Hall–Kier alpha value is -3.03. The van der Waals surface area contributed by atoms with E-state index in [4.69, 9.17) is 4.52 Å². The van der Waals surface area contributed by atoms with Gasteiger partial charge in [0, 0.05) is 24.7 Å². The van der Waals surface area contributed by atoms with Crippen molar-refractivity contribution in [3.8, 4) is 17.3 Å². The van der Waals surface area contributed by atoms with E-state index in [0.717, 1.165) is 37.2 Å². The van der Waals surface area contributed by atoms with Crippen LogP contribution in [0.3, 0.4) is 0 Å². The van der Waals surface area contributed by atoms with Crippen molar-refractivity contribution < 1.29 is 9.32 Å². The molecular formula is C22H28N6O2. The molecule has 30 heavy (non-hydrogen) atoms. The van der Waals surface area contributed by atoms with Crippen molar-refractivity contribution >= 4 is 5.91 Å². The Morgan fingerprint density at radius 2 is 1.90 bits per heavy atom. The predicted octanol–water partition coefficient (Wildman–Crippen LogP) is 3.80. The first-order chi connectivity index (χ1) is 14.2. The molecule has 0 N–H and O–H groups in total. The lowest BCUT2D eigenvalue weighted by Gasteiger charge is -2.30. The zero-order valence-electron chi connectivity index (χ0n) is 18.2. The van der Waals surface area contributed by atoms with Crippen LogP contribution >= 0.6 is 0 Å². The maximum Gasteiger partial charge on any atom is 0.259 e.